The lowest BCUT2D eigenvalue weighted by Gasteiger charge is -1.90. The average molecular weight is 135 g/mol. The number of nitrogens with two attached hydrogens (primary N) is 1. The van der Waals surface area contributed by atoms with Gasteiger partial charge in [0.2, 0.25) is 0 Å². The number of aromatic nitrogens is 4. The molecule has 0 aliphatic carbocycles. The third-order valence-corrected chi connectivity index (χ3v) is 1.19. The van der Waals surface area contributed by atoms with Gasteiger partial charge in [0.15, 0.2) is 5.65 Å². The number of hydrogen-bond acceptors (Lipinski definition) is 4. The van der Waals surface area contributed by atoms with Gasteiger partial charge in [-0.05, 0) is 0 Å². The van der Waals surface area contributed by atoms with E-state index in [1.165, 1.54) is 12.7 Å². The van der Waals surface area contributed by atoms with Crippen LogP contribution in [0.5, 0.6) is 0 Å². The predicted molar refractivity (Wildman–Crippen MR) is 35.2 cm³/mol. The van der Waals surface area contributed by atoms with E-state index < -0.39 is 0 Å². The molecular weight excluding hydrogens is 130 g/mol. The molecule has 0 aliphatic rings. The number of anilines is 1. The summed E-state index contributed by atoms with van der Waals surface area (Å²) in [5, 5.41) is 3.85. The summed E-state index contributed by atoms with van der Waals surface area (Å²) in [6.07, 6.45) is 2.98. The first-order valence-corrected chi connectivity index (χ1v) is 2.77. The van der Waals surface area contributed by atoms with Crippen LogP contribution >= 0.6 is 0 Å². The molecule has 5 heteroatoms. The van der Waals surface area contributed by atoms with E-state index in [-0.39, 0.29) is 0 Å². The molecule has 0 bridgehead atoms. The lowest BCUT2D eigenvalue weighted by molar-refractivity contribution is 0.924. The molecule has 50 valence electrons. The minimum atomic E-state index is 0.459. The summed E-state index contributed by atoms with van der Waals surface area (Å²) in [6.45, 7) is 0. The first kappa shape index (κ1) is 5.16. The summed E-state index contributed by atoms with van der Waals surface area (Å²) in [5.74, 6) is 0.459. The second-order valence-electron chi connectivity index (χ2n) is 1.88. The van der Waals surface area contributed by atoms with E-state index in [0.29, 0.717) is 11.5 Å². The molecule has 0 aliphatic heterocycles. The summed E-state index contributed by atoms with van der Waals surface area (Å²) >= 11 is 0. The van der Waals surface area contributed by atoms with E-state index in [0.717, 1.165) is 0 Å². The maximum absolute atomic E-state index is 5.39. The zero-order chi connectivity index (χ0) is 6.97. The minimum Gasteiger partial charge on any atom is -0.384 e. The Bertz CT molecular complexity index is 352. The Hall–Kier alpha value is -1.65. The summed E-state index contributed by atoms with van der Waals surface area (Å²) in [7, 11) is 0. The molecular formula is C5H5N5. The van der Waals surface area contributed by atoms with Crippen LogP contribution in [0.15, 0.2) is 18.7 Å². The second-order valence-corrected chi connectivity index (χ2v) is 1.88. The minimum absolute atomic E-state index is 0.459. The van der Waals surface area contributed by atoms with Crippen molar-refractivity contribution >= 4 is 11.5 Å². The Morgan fingerprint density at radius 1 is 1.40 bits per heavy atom. The largest absolute Gasteiger partial charge is 0.384 e. The van der Waals surface area contributed by atoms with Crippen LogP contribution in [-0.2, 0) is 0 Å². The molecule has 0 aromatic carbocycles. The van der Waals surface area contributed by atoms with Crippen molar-refractivity contribution in [3.8, 4) is 0 Å². The van der Waals surface area contributed by atoms with Gasteiger partial charge in [0, 0.05) is 6.07 Å². The molecule has 0 spiro atoms. The molecule has 2 rings (SSSR count). The normalized spacial score (nSPS) is 10.4. The van der Waals surface area contributed by atoms with Gasteiger partial charge in [0.05, 0.1) is 0 Å². The quantitative estimate of drug-likeness (QED) is 0.538. The molecule has 0 saturated heterocycles. The van der Waals surface area contributed by atoms with Gasteiger partial charge >= 0.3 is 0 Å². The van der Waals surface area contributed by atoms with Crippen molar-refractivity contribution in [1.82, 2.24) is 19.6 Å². The molecule has 0 saturated carbocycles. The highest BCUT2D eigenvalue weighted by atomic mass is 15.3. The molecule has 2 aromatic heterocycles. The van der Waals surface area contributed by atoms with Crippen molar-refractivity contribution in [3.63, 3.8) is 0 Å². The van der Waals surface area contributed by atoms with Crippen LogP contribution in [0.1, 0.15) is 0 Å². The van der Waals surface area contributed by atoms with E-state index in [1.54, 1.807) is 10.6 Å². The van der Waals surface area contributed by atoms with Gasteiger partial charge in [-0.3, -0.25) is 0 Å². The maximum atomic E-state index is 5.39. The van der Waals surface area contributed by atoms with Gasteiger partial charge in [-0.1, -0.05) is 0 Å². The highest BCUT2D eigenvalue weighted by molar-refractivity contribution is 5.44. The number of nitrogen functional groups attached to an aromatic ring is 1. The van der Waals surface area contributed by atoms with E-state index in [1.807, 2.05) is 0 Å². The fourth-order valence-electron chi connectivity index (χ4n) is 0.742. The smallest absolute Gasteiger partial charge is 0.160 e. The van der Waals surface area contributed by atoms with Crippen molar-refractivity contribution in [3.05, 3.63) is 18.7 Å². The van der Waals surface area contributed by atoms with Crippen molar-refractivity contribution in [2.24, 2.45) is 0 Å². The molecule has 2 N–H and O–H groups in total. The van der Waals surface area contributed by atoms with Crippen LogP contribution in [0.2, 0.25) is 0 Å². The lowest BCUT2D eigenvalue weighted by atomic mass is 10.6. The molecule has 2 aromatic rings. The van der Waals surface area contributed by atoms with Crippen molar-refractivity contribution in [2.45, 2.75) is 0 Å². The zero-order valence-corrected chi connectivity index (χ0v) is 5.10. The fraction of sp³-hybridized carbons (Fsp3) is 0. The van der Waals surface area contributed by atoms with Gasteiger partial charge in [-0.15, -0.1) is 0 Å². The van der Waals surface area contributed by atoms with E-state index in [4.69, 9.17) is 5.73 Å². The molecule has 0 fully saturated rings. The molecule has 0 unspecified atom stereocenters. The summed E-state index contributed by atoms with van der Waals surface area (Å²) in [5.41, 5.74) is 6.11. The fourth-order valence-corrected chi connectivity index (χ4v) is 0.742. The lowest BCUT2D eigenvalue weighted by Crippen LogP contribution is -1.94. The van der Waals surface area contributed by atoms with Crippen LogP contribution < -0.4 is 5.73 Å². The zero-order valence-electron chi connectivity index (χ0n) is 5.10. The number of hydrogen-bond donors (Lipinski definition) is 1. The Kier molecular flexibility index (Phi) is 0.858. The van der Waals surface area contributed by atoms with Gasteiger partial charge in [-0.25, -0.2) is 14.5 Å². The molecule has 2 heterocycles. The topological polar surface area (TPSA) is 69.1 Å². The highest BCUT2D eigenvalue weighted by Gasteiger charge is 1.93. The third-order valence-electron chi connectivity index (χ3n) is 1.19. The van der Waals surface area contributed by atoms with Crippen molar-refractivity contribution < 1.29 is 0 Å². The van der Waals surface area contributed by atoms with Crippen LogP contribution in [0, 0.1) is 0 Å². The Labute approximate surface area is 56.5 Å². The van der Waals surface area contributed by atoms with Gasteiger partial charge in [0.1, 0.15) is 18.5 Å². The molecule has 5 nitrogen and oxygen atoms in total. The summed E-state index contributed by atoms with van der Waals surface area (Å²) in [4.78, 5) is 7.73. The standard InChI is InChI=1S/C5H5N5/c6-4-1-5-7-2-9-10(5)3-8-4/h1-3H,6H2. The SMILES string of the molecule is Nc1cc2ncnn2cn1. The Morgan fingerprint density at radius 3 is 3.20 bits per heavy atom. The van der Waals surface area contributed by atoms with Crippen molar-refractivity contribution in [2.75, 3.05) is 5.73 Å². The highest BCUT2D eigenvalue weighted by Crippen LogP contribution is 1.99. The van der Waals surface area contributed by atoms with Crippen molar-refractivity contribution in [1.29, 1.82) is 0 Å². The number of nitrogens with zero attached hydrogens (tertiary/aromatic N) is 4. The summed E-state index contributed by atoms with van der Waals surface area (Å²) < 4.78 is 1.55. The Balaban J connectivity index is 2.86. The van der Waals surface area contributed by atoms with Crippen LogP contribution in [0.3, 0.4) is 0 Å². The predicted octanol–water partition coefficient (Wildman–Crippen LogP) is -0.294. The summed E-state index contributed by atoms with van der Waals surface area (Å²) in [6, 6.07) is 1.66. The first-order chi connectivity index (χ1) is 4.86. The third kappa shape index (κ3) is 0.604. The number of rotatable bonds is 0. The average Bonchev–Trinajstić information content (AvgIpc) is 2.33. The number of fused-ring (bicyclic) bond motifs is 1. The van der Waals surface area contributed by atoms with Crippen LogP contribution in [0.4, 0.5) is 5.82 Å². The van der Waals surface area contributed by atoms with E-state index in [2.05, 4.69) is 15.1 Å². The van der Waals surface area contributed by atoms with Crippen LogP contribution in [0.25, 0.3) is 5.65 Å². The van der Waals surface area contributed by atoms with Gasteiger partial charge < -0.3 is 5.73 Å². The van der Waals surface area contributed by atoms with E-state index in [9.17, 15) is 0 Å². The van der Waals surface area contributed by atoms with Crippen LogP contribution in [-0.4, -0.2) is 19.6 Å². The first-order valence-electron chi connectivity index (χ1n) is 2.77. The molecule has 0 amide bonds. The monoisotopic (exact) mass is 135 g/mol. The van der Waals surface area contributed by atoms with Gasteiger partial charge in [-0.2, -0.15) is 5.10 Å². The van der Waals surface area contributed by atoms with E-state index >= 15 is 0 Å². The second kappa shape index (κ2) is 1.66. The molecule has 0 atom stereocenters. The molecule has 0 radical (unpaired) electrons. The maximum Gasteiger partial charge on any atom is 0.160 e. The van der Waals surface area contributed by atoms with Gasteiger partial charge in [0.25, 0.3) is 0 Å². The Morgan fingerprint density at radius 2 is 2.30 bits per heavy atom. The molecule has 10 heavy (non-hydrogen) atoms.